The lowest BCUT2D eigenvalue weighted by molar-refractivity contribution is 0.327. The predicted molar refractivity (Wildman–Crippen MR) is 165 cm³/mol. The van der Waals surface area contributed by atoms with E-state index in [1.165, 1.54) is 0 Å². The third-order valence-electron chi connectivity index (χ3n) is 5.75. The standard InChI is InChI=1S/C37H34O4/c1-5-19-34(20-6-1)38-28-15-13-17-32(27-30-40-36-23-9-3-10-24-36)33(31-41-37-25-11-4-12-26-37)18-14-16-29-39-35-21-7-2-8-22-35/h1-12,14,16,18-27H,15,28-31H2/b16-14+,32-27+,33-18+. The molecular formula is C37H34O4. The summed E-state index contributed by atoms with van der Waals surface area (Å²) in [5.74, 6) is 9.85. The van der Waals surface area contributed by atoms with Crippen LogP contribution in [0.5, 0.6) is 23.0 Å². The van der Waals surface area contributed by atoms with Crippen LogP contribution in [0.2, 0.25) is 0 Å². The molecule has 4 aromatic carbocycles. The second kappa shape index (κ2) is 17.4. The molecule has 0 bridgehead atoms. The second-order valence-corrected chi connectivity index (χ2v) is 8.80. The molecule has 41 heavy (non-hydrogen) atoms. The number of benzene rings is 4. The third-order valence-corrected chi connectivity index (χ3v) is 5.75. The molecule has 0 saturated heterocycles. The Morgan fingerprint density at radius 1 is 0.561 bits per heavy atom. The Kier molecular flexibility index (Phi) is 12.3. The van der Waals surface area contributed by atoms with Crippen molar-refractivity contribution in [2.75, 3.05) is 26.4 Å². The van der Waals surface area contributed by atoms with Gasteiger partial charge in [0.15, 0.2) is 0 Å². The quantitative estimate of drug-likeness (QED) is 0.0916. The summed E-state index contributed by atoms with van der Waals surface area (Å²) in [6.45, 7) is 1.67. The van der Waals surface area contributed by atoms with E-state index in [0.29, 0.717) is 32.8 Å². The highest BCUT2D eigenvalue weighted by Crippen LogP contribution is 2.16. The SMILES string of the molecule is C(#CC(=C\COc1ccccc1)/C(=C/C=C/COc1ccccc1)COc1ccccc1)CCOc1ccccc1. The second-order valence-electron chi connectivity index (χ2n) is 8.80. The fourth-order valence-electron chi connectivity index (χ4n) is 3.69. The number of hydrogen-bond donors (Lipinski definition) is 0. The van der Waals surface area contributed by atoms with Gasteiger partial charge in [0.2, 0.25) is 0 Å². The van der Waals surface area contributed by atoms with Crippen LogP contribution in [0.1, 0.15) is 6.42 Å². The third kappa shape index (κ3) is 11.2. The van der Waals surface area contributed by atoms with Gasteiger partial charge in [-0.2, -0.15) is 0 Å². The maximum absolute atomic E-state index is 6.12. The lowest BCUT2D eigenvalue weighted by Crippen LogP contribution is -2.05. The normalized spacial score (nSPS) is 11.4. The zero-order valence-corrected chi connectivity index (χ0v) is 23.0. The van der Waals surface area contributed by atoms with Gasteiger partial charge >= 0.3 is 0 Å². The molecule has 4 nitrogen and oxygen atoms in total. The van der Waals surface area contributed by atoms with E-state index in [4.69, 9.17) is 18.9 Å². The van der Waals surface area contributed by atoms with E-state index in [9.17, 15) is 0 Å². The van der Waals surface area contributed by atoms with Crippen LogP contribution in [0.25, 0.3) is 0 Å². The van der Waals surface area contributed by atoms with Crippen LogP contribution in [-0.2, 0) is 0 Å². The average molecular weight is 543 g/mol. The highest BCUT2D eigenvalue weighted by molar-refractivity contribution is 5.48. The van der Waals surface area contributed by atoms with E-state index in [0.717, 1.165) is 34.1 Å². The van der Waals surface area contributed by atoms with Gasteiger partial charge in [-0.3, -0.25) is 0 Å². The molecule has 0 aliphatic rings. The van der Waals surface area contributed by atoms with E-state index in [1.54, 1.807) is 0 Å². The molecule has 0 fully saturated rings. The van der Waals surface area contributed by atoms with Crippen LogP contribution in [0, 0.1) is 11.8 Å². The summed E-state index contributed by atoms with van der Waals surface area (Å²) in [6, 6.07) is 39.0. The van der Waals surface area contributed by atoms with E-state index < -0.39 is 0 Å². The average Bonchev–Trinajstić information content (AvgIpc) is 3.03. The lowest BCUT2D eigenvalue weighted by atomic mass is 10.1. The first-order valence-corrected chi connectivity index (χ1v) is 13.6. The molecule has 4 rings (SSSR count). The Hall–Kier alpha value is -5.14. The van der Waals surface area contributed by atoms with Crippen LogP contribution < -0.4 is 18.9 Å². The molecule has 4 aromatic rings. The highest BCUT2D eigenvalue weighted by atomic mass is 16.5. The topological polar surface area (TPSA) is 36.9 Å². The molecule has 4 heteroatoms. The molecule has 0 saturated carbocycles. The summed E-state index contributed by atoms with van der Waals surface area (Å²) in [4.78, 5) is 0. The Morgan fingerprint density at radius 3 is 1.61 bits per heavy atom. The molecule has 0 aromatic heterocycles. The maximum atomic E-state index is 6.12. The van der Waals surface area contributed by atoms with Crippen molar-refractivity contribution in [1.29, 1.82) is 0 Å². The predicted octanol–water partition coefficient (Wildman–Crippen LogP) is 8.10. The summed E-state index contributed by atoms with van der Waals surface area (Å²) in [7, 11) is 0. The molecule has 0 amide bonds. The van der Waals surface area contributed by atoms with Crippen molar-refractivity contribution in [3.63, 3.8) is 0 Å². The van der Waals surface area contributed by atoms with Gasteiger partial charge in [0.25, 0.3) is 0 Å². The first-order valence-electron chi connectivity index (χ1n) is 13.6. The van der Waals surface area contributed by atoms with Crippen molar-refractivity contribution in [3.05, 3.63) is 157 Å². The van der Waals surface area contributed by atoms with Crippen LogP contribution in [-0.4, -0.2) is 26.4 Å². The molecule has 206 valence electrons. The monoisotopic (exact) mass is 542 g/mol. The Balaban J connectivity index is 1.48. The van der Waals surface area contributed by atoms with Gasteiger partial charge in [-0.15, -0.1) is 0 Å². The van der Waals surface area contributed by atoms with Gasteiger partial charge in [0, 0.05) is 17.6 Å². The first kappa shape index (κ1) is 28.9. The number of para-hydroxylation sites is 4. The van der Waals surface area contributed by atoms with Crippen molar-refractivity contribution in [2.24, 2.45) is 0 Å². The van der Waals surface area contributed by atoms with Crippen LogP contribution >= 0.6 is 0 Å². The zero-order chi connectivity index (χ0) is 28.2. The summed E-state index contributed by atoms with van der Waals surface area (Å²) >= 11 is 0. The van der Waals surface area contributed by atoms with Crippen molar-refractivity contribution in [1.82, 2.24) is 0 Å². The largest absolute Gasteiger partial charge is 0.493 e. The molecule has 0 heterocycles. The summed E-state index contributed by atoms with van der Waals surface area (Å²) in [5.41, 5.74) is 1.77. The number of rotatable bonds is 14. The van der Waals surface area contributed by atoms with Gasteiger partial charge in [0.05, 0.1) is 6.61 Å². The highest BCUT2D eigenvalue weighted by Gasteiger charge is 2.05. The van der Waals surface area contributed by atoms with E-state index >= 15 is 0 Å². The summed E-state index contributed by atoms with van der Waals surface area (Å²) < 4.78 is 23.7. The van der Waals surface area contributed by atoms with Gasteiger partial charge in [-0.1, -0.05) is 96.8 Å². The number of ether oxygens (including phenoxy) is 4. The van der Waals surface area contributed by atoms with Crippen molar-refractivity contribution in [3.8, 4) is 34.8 Å². The Bertz CT molecular complexity index is 1430. The molecule has 0 unspecified atom stereocenters. The smallest absolute Gasteiger partial charge is 0.119 e. The first-order chi connectivity index (χ1) is 20.4. The Labute approximate surface area is 243 Å². The summed E-state index contributed by atoms with van der Waals surface area (Å²) in [6.07, 6.45) is 8.53. The molecule has 0 aliphatic heterocycles. The van der Waals surface area contributed by atoms with Crippen molar-refractivity contribution < 1.29 is 18.9 Å². The minimum atomic E-state index is 0.347. The van der Waals surface area contributed by atoms with Crippen LogP contribution in [0.4, 0.5) is 0 Å². The van der Waals surface area contributed by atoms with Crippen molar-refractivity contribution >= 4 is 0 Å². The van der Waals surface area contributed by atoms with Crippen LogP contribution in [0.3, 0.4) is 0 Å². The van der Waals surface area contributed by atoms with Gasteiger partial charge < -0.3 is 18.9 Å². The fraction of sp³-hybridized carbons (Fsp3) is 0.135. The molecule has 0 atom stereocenters. The molecule has 0 aliphatic carbocycles. The number of allylic oxidation sites excluding steroid dienone is 2. The van der Waals surface area contributed by atoms with Gasteiger partial charge in [-0.05, 0) is 60.7 Å². The minimum Gasteiger partial charge on any atom is -0.493 e. The fourth-order valence-corrected chi connectivity index (χ4v) is 3.69. The van der Waals surface area contributed by atoms with E-state index in [1.807, 2.05) is 146 Å². The molecular weight excluding hydrogens is 508 g/mol. The number of hydrogen-bond acceptors (Lipinski definition) is 4. The van der Waals surface area contributed by atoms with Gasteiger partial charge in [-0.25, -0.2) is 0 Å². The minimum absolute atomic E-state index is 0.347. The lowest BCUT2D eigenvalue weighted by Gasteiger charge is -2.11. The molecule has 0 radical (unpaired) electrons. The van der Waals surface area contributed by atoms with Gasteiger partial charge in [0.1, 0.15) is 42.8 Å². The van der Waals surface area contributed by atoms with Crippen molar-refractivity contribution in [2.45, 2.75) is 6.42 Å². The van der Waals surface area contributed by atoms with E-state index in [-0.39, 0.29) is 0 Å². The summed E-state index contributed by atoms with van der Waals surface area (Å²) in [5, 5.41) is 0. The zero-order valence-electron chi connectivity index (χ0n) is 23.0. The molecule has 0 N–H and O–H groups in total. The maximum Gasteiger partial charge on any atom is 0.119 e. The Morgan fingerprint density at radius 2 is 1.05 bits per heavy atom. The van der Waals surface area contributed by atoms with Crippen LogP contribution in [0.15, 0.2) is 157 Å². The van der Waals surface area contributed by atoms with E-state index in [2.05, 4.69) is 11.8 Å². The molecule has 0 spiro atoms.